The standard InChI is InChI=1S/C14H17N3O2S/c15-8-3-4-10-6-7-12(20-10)14(19)17-9-2-1-5-11(17)13(16)18/h6-7,11H,1-2,5,8-9,15H2,(H2,16,18). The summed E-state index contributed by atoms with van der Waals surface area (Å²) in [5.41, 5.74) is 10.7. The summed E-state index contributed by atoms with van der Waals surface area (Å²) in [6, 6.07) is 3.04. The number of carbonyl (C=O) groups is 2. The molecule has 4 N–H and O–H groups in total. The molecular weight excluding hydrogens is 274 g/mol. The minimum atomic E-state index is -0.489. The molecule has 106 valence electrons. The molecule has 1 saturated heterocycles. The summed E-state index contributed by atoms with van der Waals surface area (Å²) in [6.45, 7) is 0.866. The lowest BCUT2D eigenvalue weighted by Crippen LogP contribution is -2.50. The monoisotopic (exact) mass is 291 g/mol. The van der Waals surface area contributed by atoms with Crippen LogP contribution >= 0.6 is 11.3 Å². The van der Waals surface area contributed by atoms with E-state index in [1.807, 2.05) is 0 Å². The molecular formula is C14H17N3O2S. The average molecular weight is 291 g/mol. The van der Waals surface area contributed by atoms with Gasteiger partial charge in [0.1, 0.15) is 6.04 Å². The average Bonchev–Trinajstić information content (AvgIpc) is 2.93. The van der Waals surface area contributed by atoms with Crippen molar-refractivity contribution in [3.8, 4) is 11.8 Å². The summed E-state index contributed by atoms with van der Waals surface area (Å²) in [4.78, 5) is 26.9. The van der Waals surface area contributed by atoms with Gasteiger partial charge in [-0.05, 0) is 31.4 Å². The van der Waals surface area contributed by atoms with Crippen molar-refractivity contribution in [2.45, 2.75) is 25.3 Å². The minimum Gasteiger partial charge on any atom is -0.368 e. The van der Waals surface area contributed by atoms with E-state index in [2.05, 4.69) is 11.8 Å². The van der Waals surface area contributed by atoms with Crippen LogP contribution in [-0.2, 0) is 4.79 Å². The van der Waals surface area contributed by atoms with Gasteiger partial charge in [-0.15, -0.1) is 11.3 Å². The summed E-state index contributed by atoms with van der Waals surface area (Å²) in [6.07, 6.45) is 2.47. The van der Waals surface area contributed by atoms with Gasteiger partial charge in [0.25, 0.3) is 5.91 Å². The summed E-state index contributed by atoms with van der Waals surface area (Å²) in [5, 5.41) is 0. The van der Waals surface area contributed by atoms with Crippen molar-refractivity contribution in [3.05, 3.63) is 21.9 Å². The Balaban J connectivity index is 2.17. The van der Waals surface area contributed by atoms with E-state index < -0.39 is 11.9 Å². The van der Waals surface area contributed by atoms with Gasteiger partial charge in [-0.1, -0.05) is 11.8 Å². The van der Waals surface area contributed by atoms with Gasteiger partial charge >= 0.3 is 0 Å². The zero-order chi connectivity index (χ0) is 14.5. The lowest BCUT2D eigenvalue weighted by atomic mass is 10.0. The van der Waals surface area contributed by atoms with Gasteiger partial charge in [0.15, 0.2) is 0 Å². The molecule has 0 spiro atoms. The molecule has 1 unspecified atom stereocenters. The summed E-state index contributed by atoms with van der Waals surface area (Å²) >= 11 is 1.32. The second kappa shape index (κ2) is 6.55. The number of thiophene rings is 1. The number of nitrogens with zero attached hydrogens (tertiary/aromatic N) is 1. The fourth-order valence-electron chi connectivity index (χ4n) is 2.27. The zero-order valence-corrected chi connectivity index (χ0v) is 11.9. The van der Waals surface area contributed by atoms with Gasteiger partial charge in [0, 0.05) is 6.54 Å². The molecule has 0 aromatic carbocycles. The Bertz CT molecular complexity index is 570. The van der Waals surface area contributed by atoms with Crippen LogP contribution in [0, 0.1) is 11.8 Å². The predicted molar refractivity (Wildman–Crippen MR) is 78.1 cm³/mol. The first-order valence-corrected chi connectivity index (χ1v) is 7.34. The minimum absolute atomic E-state index is 0.140. The summed E-state index contributed by atoms with van der Waals surface area (Å²) < 4.78 is 0. The van der Waals surface area contributed by atoms with Crippen LogP contribution in [0.5, 0.6) is 0 Å². The van der Waals surface area contributed by atoms with Crippen LogP contribution in [0.25, 0.3) is 0 Å². The third-order valence-corrected chi connectivity index (χ3v) is 4.21. The first-order chi connectivity index (χ1) is 9.63. The van der Waals surface area contributed by atoms with Crippen molar-refractivity contribution in [2.75, 3.05) is 13.1 Å². The maximum absolute atomic E-state index is 12.5. The molecule has 0 radical (unpaired) electrons. The maximum atomic E-state index is 12.5. The number of likely N-dealkylation sites (tertiary alicyclic amines) is 1. The Morgan fingerprint density at radius 1 is 1.40 bits per heavy atom. The molecule has 5 nitrogen and oxygen atoms in total. The SMILES string of the molecule is NCC#Cc1ccc(C(=O)N2CCCCC2C(N)=O)s1. The van der Waals surface area contributed by atoms with Gasteiger partial charge < -0.3 is 16.4 Å². The highest BCUT2D eigenvalue weighted by Crippen LogP contribution is 2.23. The smallest absolute Gasteiger partial charge is 0.264 e. The van der Waals surface area contributed by atoms with E-state index in [9.17, 15) is 9.59 Å². The van der Waals surface area contributed by atoms with Crippen molar-refractivity contribution in [1.29, 1.82) is 0 Å². The van der Waals surface area contributed by atoms with Crippen LogP contribution in [0.15, 0.2) is 12.1 Å². The number of primary amides is 1. The first kappa shape index (κ1) is 14.6. The topological polar surface area (TPSA) is 89.4 Å². The van der Waals surface area contributed by atoms with Crippen molar-refractivity contribution in [3.63, 3.8) is 0 Å². The van der Waals surface area contributed by atoms with Crippen LogP contribution in [-0.4, -0.2) is 35.8 Å². The Labute approximate surface area is 121 Å². The molecule has 0 bridgehead atoms. The van der Waals surface area contributed by atoms with Gasteiger partial charge in [-0.3, -0.25) is 9.59 Å². The van der Waals surface area contributed by atoms with Gasteiger partial charge in [-0.2, -0.15) is 0 Å². The molecule has 0 saturated carbocycles. The molecule has 0 aliphatic carbocycles. The molecule has 1 aliphatic rings. The number of amides is 2. The molecule has 2 amide bonds. The van der Waals surface area contributed by atoms with E-state index in [1.165, 1.54) is 11.3 Å². The van der Waals surface area contributed by atoms with Gasteiger partial charge in [-0.25, -0.2) is 0 Å². The fourth-order valence-corrected chi connectivity index (χ4v) is 3.11. The molecule has 6 heteroatoms. The highest BCUT2D eigenvalue weighted by Gasteiger charge is 2.31. The molecule has 2 rings (SSSR count). The van der Waals surface area contributed by atoms with E-state index in [1.54, 1.807) is 17.0 Å². The molecule has 1 aromatic heterocycles. The molecule has 20 heavy (non-hydrogen) atoms. The normalized spacial score (nSPS) is 18.2. The highest BCUT2D eigenvalue weighted by atomic mass is 32.1. The first-order valence-electron chi connectivity index (χ1n) is 6.52. The third-order valence-electron chi connectivity index (χ3n) is 3.22. The maximum Gasteiger partial charge on any atom is 0.264 e. The second-order valence-corrected chi connectivity index (χ2v) is 5.67. The predicted octanol–water partition coefficient (Wildman–Crippen LogP) is 0.538. The number of nitrogens with two attached hydrogens (primary N) is 2. The van der Waals surface area contributed by atoms with E-state index in [4.69, 9.17) is 11.5 Å². The molecule has 2 heterocycles. The fraction of sp³-hybridized carbons (Fsp3) is 0.429. The molecule has 1 atom stereocenters. The van der Waals surface area contributed by atoms with E-state index >= 15 is 0 Å². The number of piperidine rings is 1. The van der Waals surface area contributed by atoms with Crippen molar-refractivity contribution >= 4 is 23.2 Å². The third kappa shape index (κ3) is 3.18. The number of hydrogen-bond donors (Lipinski definition) is 2. The molecule has 1 fully saturated rings. The van der Waals surface area contributed by atoms with E-state index in [-0.39, 0.29) is 12.5 Å². The van der Waals surface area contributed by atoms with Crippen LogP contribution in [0.1, 0.15) is 33.8 Å². The lowest BCUT2D eigenvalue weighted by Gasteiger charge is -2.33. The van der Waals surface area contributed by atoms with Crippen molar-refractivity contribution < 1.29 is 9.59 Å². The van der Waals surface area contributed by atoms with E-state index in [0.29, 0.717) is 17.8 Å². The second-order valence-electron chi connectivity index (χ2n) is 4.58. The number of rotatable bonds is 2. The van der Waals surface area contributed by atoms with Crippen molar-refractivity contribution in [2.24, 2.45) is 11.5 Å². The zero-order valence-electron chi connectivity index (χ0n) is 11.1. The highest BCUT2D eigenvalue weighted by molar-refractivity contribution is 7.14. The largest absolute Gasteiger partial charge is 0.368 e. The van der Waals surface area contributed by atoms with Crippen LogP contribution < -0.4 is 11.5 Å². The quantitative estimate of drug-likeness (QED) is 0.779. The van der Waals surface area contributed by atoms with Crippen LogP contribution in [0.2, 0.25) is 0 Å². The van der Waals surface area contributed by atoms with Gasteiger partial charge in [0.2, 0.25) is 5.91 Å². The summed E-state index contributed by atoms with van der Waals surface area (Å²) in [5.74, 6) is 5.08. The molecule has 1 aromatic rings. The Morgan fingerprint density at radius 2 is 2.20 bits per heavy atom. The number of hydrogen-bond acceptors (Lipinski definition) is 4. The van der Waals surface area contributed by atoms with Crippen LogP contribution in [0.4, 0.5) is 0 Å². The Kier molecular flexibility index (Phi) is 4.77. The Morgan fingerprint density at radius 3 is 2.90 bits per heavy atom. The van der Waals surface area contributed by atoms with Crippen molar-refractivity contribution in [1.82, 2.24) is 4.90 Å². The van der Waals surface area contributed by atoms with E-state index in [0.717, 1.165) is 17.7 Å². The van der Waals surface area contributed by atoms with Crippen LogP contribution in [0.3, 0.4) is 0 Å². The number of carbonyl (C=O) groups excluding carboxylic acids is 2. The summed E-state index contributed by atoms with van der Waals surface area (Å²) in [7, 11) is 0. The molecule has 1 aliphatic heterocycles. The Hall–Kier alpha value is -1.84. The lowest BCUT2D eigenvalue weighted by molar-refractivity contribution is -0.123. The van der Waals surface area contributed by atoms with Gasteiger partial charge in [0.05, 0.1) is 16.3 Å².